The van der Waals surface area contributed by atoms with Crippen LogP contribution in [0.1, 0.15) is 25.5 Å². The number of benzene rings is 1. The summed E-state index contributed by atoms with van der Waals surface area (Å²) >= 11 is 0. The van der Waals surface area contributed by atoms with Crippen LogP contribution >= 0.6 is 0 Å². The Morgan fingerprint density at radius 1 is 1.37 bits per heavy atom. The number of hydrogen-bond donors (Lipinski definition) is 1. The van der Waals surface area contributed by atoms with Crippen LogP contribution in [0.3, 0.4) is 0 Å². The quantitative estimate of drug-likeness (QED) is 0.779. The van der Waals surface area contributed by atoms with Crippen molar-refractivity contribution in [2.24, 2.45) is 0 Å². The number of likely N-dealkylation sites (N-methyl/N-ethyl adjacent to an activating group) is 1. The van der Waals surface area contributed by atoms with Gasteiger partial charge in [0.1, 0.15) is 11.8 Å². The summed E-state index contributed by atoms with van der Waals surface area (Å²) in [6, 6.07) is 10.2. The van der Waals surface area contributed by atoms with E-state index in [2.05, 4.69) is 31.1 Å². The Morgan fingerprint density at radius 2 is 2.05 bits per heavy atom. The third-order valence-corrected chi connectivity index (χ3v) is 3.17. The molecule has 0 amide bonds. The summed E-state index contributed by atoms with van der Waals surface area (Å²) in [5, 5.41) is 11.9. The van der Waals surface area contributed by atoms with E-state index < -0.39 is 0 Å². The van der Waals surface area contributed by atoms with Crippen molar-refractivity contribution >= 4 is 0 Å². The molecule has 1 unspecified atom stereocenters. The Labute approximate surface area is 116 Å². The largest absolute Gasteiger partial charge is 0.479 e. The van der Waals surface area contributed by atoms with Crippen LogP contribution in [-0.4, -0.2) is 38.2 Å². The average Bonchev–Trinajstić information content (AvgIpc) is 2.45. The first-order valence-corrected chi connectivity index (χ1v) is 6.69. The molecule has 0 bridgehead atoms. The van der Waals surface area contributed by atoms with E-state index in [9.17, 15) is 0 Å². The molecule has 0 aliphatic heterocycles. The Kier molecular flexibility index (Phi) is 6.94. The number of nitrogens with one attached hydrogen (secondary N) is 1. The first-order valence-electron chi connectivity index (χ1n) is 6.69. The molecule has 0 spiro atoms. The van der Waals surface area contributed by atoms with Crippen molar-refractivity contribution in [1.82, 2.24) is 10.2 Å². The van der Waals surface area contributed by atoms with Crippen molar-refractivity contribution in [3.8, 4) is 11.8 Å². The zero-order valence-electron chi connectivity index (χ0n) is 12.0. The van der Waals surface area contributed by atoms with Crippen LogP contribution in [-0.2, 0) is 0 Å². The Morgan fingerprint density at radius 3 is 2.63 bits per heavy atom. The van der Waals surface area contributed by atoms with Gasteiger partial charge in [-0.2, -0.15) is 5.26 Å². The van der Waals surface area contributed by atoms with E-state index in [0.29, 0.717) is 6.04 Å². The first-order chi connectivity index (χ1) is 9.17. The van der Waals surface area contributed by atoms with E-state index in [1.165, 1.54) is 5.56 Å². The van der Waals surface area contributed by atoms with E-state index in [-0.39, 0.29) is 6.61 Å². The molecule has 0 aliphatic rings. The number of rotatable bonds is 8. The lowest BCUT2D eigenvalue weighted by molar-refractivity contribution is 0.342. The molecule has 19 heavy (non-hydrogen) atoms. The second-order valence-electron chi connectivity index (χ2n) is 4.59. The van der Waals surface area contributed by atoms with Crippen molar-refractivity contribution < 1.29 is 4.74 Å². The second kappa shape index (κ2) is 8.52. The van der Waals surface area contributed by atoms with Gasteiger partial charge in [0.05, 0.1) is 0 Å². The topological polar surface area (TPSA) is 48.3 Å². The van der Waals surface area contributed by atoms with Crippen LogP contribution in [0.2, 0.25) is 0 Å². The van der Waals surface area contributed by atoms with E-state index in [4.69, 9.17) is 10.00 Å². The standard InChI is InChI=1S/C15H23N3O/c1-4-18(3)11-10-17-13(2)14-5-7-15(8-6-14)19-12-9-16/h5-8,13,17H,4,10-12H2,1-3H3. The van der Waals surface area contributed by atoms with Crippen molar-refractivity contribution in [3.63, 3.8) is 0 Å². The molecule has 1 atom stereocenters. The van der Waals surface area contributed by atoms with Crippen molar-refractivity contribution in [3.05, 3.63) is 29.8 Å². The van der Waals surface area contributed by atoms with Gasteiger partial charge < -0.3 is 15.0 Å². The summed E-state index contributed by atoms with van der Waals surface area (Å²) in [5.41, 5.74) is 1.23. The molecule has 1 rings (SSSR count). The summed E-state index contributed by atoms with van der Waals surface area (Å²) in [7, 11) is 2.12. The van der Waals surface area contributed by atoms with Crippen molar-refractivity contribution in [2.45, 2.75) is 19.9 Å². The minimum atomic E-state index is 0.0938. The maximum atomic E-state index is 8.44. The number of hydrogen-bond acceptors (Lipinski definition) is 4. The minimum absolute atomic E-state index is 0.0938. The predicted molar refractivity (Wildman–Crippen MR) is 77.1 cm³/mol. The van der Waals surface area contributed by atoms with Crippen LogP contribution in [0, 0.1) is 11.3 Å². The molecule has 1 N–H and O–H groups in total. The molecule has 0 aromatic heterocycles. The van der Waals surface area contributed by atoms with Crippen molar-refractivity contribution in [1.29, 1.82) is 5.26 Å². The van der Waals surface area contributed by atoms with Gasteiger partial charge in [0.15, 0.2) is 6.61 Å². The summed E-state index contributed by atoms with van der Waals surface area (Å²) in [6.07, 6.45) is 0. The SMILES string of the molecule is CCN(C)CCNC(C)c1ccc(OCC#N)cc1. The Hall–Kier alpha value is -1.57. The van der Waals surface area contributed by atoms with Crippen LogP contribution < -0.4 is 10.1 Å². The first kappa shape index (κ1) is 15.5. The average molecular weight is 261 g/mol. The highest BCUT2D eigenvalue weighted by Crippen LogP contribution is 2.17. The lowest BCUT2D eigenvalue weighted by atomic mass is 10.1. The van der Waals surface area contributed by atoms with Crippen LogP contribution in [0.25, 0.3) is 0 Å². The van der Waals surface area contributed by atoms with Gasteiger partial charge in [-0.3, -0.25) is 0 Å². The molecule has 104 valence electrons. The smallest absolute Gasteiger partial charge is 0.174 e. The normalized spacial score (nSPS) is 12.2. The molecule has 1 aromatic rings. The molecule has 0 heterocycles. The van der Waals surface area contributed by atoms with E-state index in [1.807, 2.05) is 30.3 Å². The van der Waals surface area contributed by atoms with Crippen LogP contribution in [0.5, 0.6) is 5.75 Å². The van der Waals surface area contributed by atoms with Gasteiger partial charge in [-0.05, 0) is 38.2 Å². The molecule has 0 radical (unpaired) electrons. The van der Waals surface area contributed by atoms with E-state index >= 15 is 0 Å². The van der Waals surface area contributed by atoms with Gasteiger partial charge >= 0.3 is 0 Å². The fourth-order valence-electron chi connectivity index (χ4n) is 1.72. The third-order valence-electron chi connectivity index (χ3n) is 3.17. The molecule has 0 saturated carbocycles. The van der Waals surface area contributed by atoms with Gasteiger partial charge in [-0.15, -0.1) is 0 Å². The maximum absolute atomic E-state index is 8.44. The zero-order chi connectivity index (χ0) is 14.1. The fraction of sp³-hybridized carbons (Fsp3) is 0.533. The molecule has 1 aromatic carbocycles. The summed E-state index contributed by atoms with van der Waals surface area (Å²) < 4.78 is 5.23. The number of nitriles is 1. The summed E-state index contributed by atoms with van der Waals surface area (Å²) in [6.45, 7) is 7.49. The summed E-state index contributed by atoms with van der Waals surface area (Å²) in [5.74, 6) is 0.739. The Balaban J connectivity index is 2.40. The maximum Gasteiger partial charge on any atom is 0.174 e. The number of nitrogens with zero attached hydrogens (tertiary/aromatic N) is 2. The summed E-state index contributed by atoms with van der Waals surface area (Å²) in [4.78, 5) is 2.28. The molecule has 0 saturated heterocycles. The highest BCUT2D eigenvalue weighted by molar-refractivity contribution is 5.29. The molecule has 4 heteroatoms. The number of ether oxygens (including phenoxy) is 1. The molecule has 4 nitrogen and oxygen atoms in total. The van der Waals surface area contributed by atoms with Crippen LogP contribution in [0.15, 0.2) is 24.3 Å². The predicted octanol–water partition coefficient (Wildman–Crippen LogP) is 2.19. The molecule has 0 aliphatic carbocycles. The highest BCUT2D eigenvalue weighted by Gasteiger charge is 2.05. The van der Waals surface area contributed by atoms with E-state index in [0.717, 1.165) is 25.4 Å². The van der Waals surface area contributed by atoms with Crippen molar-refractivity contribution in [2.75, 3.05) is 33.3 Å². The van der Waals surface area contributed by atoms with Gasteiger partial charge in [0.2, 0.25) is 0 Å². The Bertz CT molecular complexity index is 397. The highest BCUT2D eigenvalue weighted by atomic mass is 16.5. The molecule has 0 fully saturated rings. The monoisotopic (exact) mass is 261 g/mol. The van der Waals surface area contributed by atoms with Gasteiger partial charge in [0, 0.05) is 19.1 Å². The van der Waals surface area contributed by atoms with E-state index in [1.54, 1.807) is 0 Å². The van der Waals surface area contributed by atoms with Gasteiger partial charge in [0.25, 0.3) is 0 Å². The van der Waals surface area contributed by atoms with Gasteiger partial charge in [-0.25, -0.2) is 0 Å². The van der Waals surface area contributed by atoms with Crippen LogP contribution in [0.4, 0.5) is 0 Å². The lowest BCUT2D eigenvalue weighted by Gasteiger charge is -2.18. The minimum Gasteiger partial charge on any atom is -0.479 e. The van der Waals surface area contributed by atoms with Gasteiger partial charge in [-0.1, -0.05) is 19.1 Å². The third kappa shape index (κ3) is 5.73. The lowest BCUT2D eigenvalue weighted by Crippen LogP contribution is -2.30. The fourth-order valence-corrected chi connectivity index (χ4v) is 1.72. The molecular formula is C15H23N3O. The molecular weight excluding hydrogens is 238 g/mol. The second-order valence-corrected chi connectivity index (χ2v) is 4.59. The zero-order valence-corrected chi connectivity index (χ0v) is 12.0.